The second-order valence-corrected chi connectivity index (χ2v) is 7.63. The number of fused-ring (bicyclic) bond motifs is 1. The quantitative estimate of drug-likeness (QED) is 0.812. The van der Waals surface area contributed by atoms with Crippen molar-refractivity contribution in [3.8, 4) is 0 Å². The third-order valence-electron chi connectivity index (χ3n) is 5.86. The molecular formula is C21H31N3O. The second kappa shape index (κ2) is 8.05. The van der Waals surface area contributed by atoms with Crippen LogP contribution < -0.4 is 5.32 Å². The van der Waals surface area contributed by atoms with Crippen LogP contribution in [0.4, 0.5) is 0 Å². The summed E-state index contributed by atoms with van der Waals surface area (Å²) in [6, 6.07) is 10.4. The lowest BCUT2D eigenvalue weighted by Gasteiger charge is -2.39. The second-order valence-electron chi connectivity index (χ2n) is 7.63. The van der Waals surface area contributed by atoms with Crippen LogP contribution in [0, 0.1) is 0 Å². The van der Waals surface area contributed by atoms with Crippen LogP contribution in [0.3, 0.4) is 0 Å². The fraction of sp³-hybridized carbons (Fsp3) is 0.571. The predicted molar refractivity (Wildman–Crippen MR) is 104 cm³/mol. The zero-order valence-corrected chi connectivity index (χ0v) is 15.6. The summed E-state index contributed by atoms with van der Waals surface area (Å²) in [5, 5.41) is 4.45. The lowest BCUT2D eigenvalue weighted by atomic mass is 9.88. The Hall–Kier alpha value is -1.81. The molecule has 1 aliphatic rings. The number of hydrogen-bond acceptors (Lipinski definition) is 2. The number of nitrogens with one attached hydrogen (secondary N) is 1. The minimum atomic E-state index is 0.131. The van der Waals surface area contributed by atoms with Gasteiger partial charge in [0.2, 0.25) is 5.91 Å². The molecule has 0 atom stereocenters. The monoisotopic (exact) mass is 341 g/mol. The van der Waals surface area contributed by atoms with E-state index in [4.69, 9.17) is 0 Å². The van der Waals surface area contributed by atoms with Crippen molar-refractivity contribution in [3.05, 3.63) is 36.5 Å². The van der Waals surface area contributed by atoms with Crippen LogP contribution in [-0.2, 0) is 11.3 Å². The van der Waals surface area contributed by atoms with Crippen molar-refractivity contribution < 1.29 is 4.79 Å². The molecule has 1 heterocycles. The van der Waals surface area contributed by atoms with E-state index in [2.05, 4.69) is 53.3 Å². The van der Waals surface area contributed by atoms with E-state index in [9.17, 15) is 4.79 Å². The van der Waals surface area contributed by atoms with Crippen LogP contribution in [0.2, 0.25) is 0 Å². The zero-order valence-electron chi connectivity index (χ0n) is 15.6. The first-order valence-corrected chi connectivity index (χ1v) is 9.59. The van der Waals surface area contributed by atoms with E-state index in [1.54, 1.807) is 0 Å². The lowest BCUT2D eigenvalue weighted by molar-refractivity contribution is -0.122. The molecule has 0 aliphatic heterocycles. The molecule has 0 spiro atoms. The summed E-state index contributed by atoms with van der Waals surface area (Å²) in [6.07, 6.45) is 10.2. The van der Waals surface area contributed by atoms with Crippen molar-refractivity contribution in [1.82, 2.24) is 14.8 Å². The molecule has 1 aromatic heterocycles. The summed E-state index contributed by atoms with van der Waals surface area (Å²) in [7, 11) is 4.31. The molecule has 0 radical (unpaired) electrons. The van der Waals surface area contributed by atoms with Gasteiger partial charge in [0.15, 0.2) is 0 Å². The topological polar surface area (TPSA) is 37.3 Å². The SMILES string of the molecule is CN(C)C1(CNC(=O)CCn2ccc3ccccc32)CCCCCC1. The summed E-state index contributed by atoms with van der Waals surface area (Å²) in [4.78, 5) is 14.8. The van der Waals surface area contributed by atoms with E-state index >= 15 is 0 Å². The van der Waals surface area contributed by atoms with E-state index in [-0.39, 0.29) is 11.4 Å². The minimum Gasteiger partial charge on any atom is -0.354 e. The molecule has 1 fully saturated rings. The van der Waals surface area contributed by atoms with Crippen molar-refractivity contribution in [2.75, 3.05) is 20.6 Å². The highest BCUT2D eigenvalue weighted by molar-refractivity contribution is 5.80. The van der Waals surface area contributed by atoms with Crippen molar-refractivity contribution >= 4 is 16.8 Å². The van der Waals surface area contributed by atoms with Crippen molar-refractivity contribution in [1.29, 1.82) is 0 Å². The van der Waals surface area contributed by atoms with Gasteiger partial charge < -0.3 is 14.8 Å². The molecule has 4 heteroatoms. The summed E-state index contributed by atoms with van der Waals surface area (Å²) >= 11 is 0. The van der Waals surface area contributed by atoms with E-state index in [0.29, 0.717) is 6.42 Å². The lowest BCUT2D eigenvalue weighted by Crippen LogP contribution is -2.52. The first-order chi connectivity index (χ1) is 12.1. The molecule has 25 heavy (non-hydrogen) atoms. The van der Waals surface area contributed by atoms with Gasteiger partial charge in [-0.1, -0.05) is 43.9 Å². The maximum absolute atomic E-state index is 12.4. The third-order valence-corrected chi connectivity index (χ3v) is 5.86. The molecule has 2 aromatic rings. The van der Waals surface area contributed by atoms with Crippen LogP contribution >= 0.6 is 0 Å². The molecule has 136 valence electrons. The number of aryl methyl sites for hydroxylation is 1. The highest BCUT2D eigenvalue weighted by Gasteiger charge is 2.33. The summed E-state index contributed by atoms with van der Waals surface area (Å²) < 4.78 is 2.17. The molecule has 1 saturated carbocycles. The van der Waals surface area contributed by atoms with Gasteiger partial charge >= 0.3 is 0 Å². The van der Waals surface area contributed by atoms with Gasteiger partial charge in [0.1, 0.15) is 0 Å². The molecule has 1 N–H and O–H groups in total. The number of hydrogen-bond donors (Lipinski definition) is 1. The highest BCUT2D eigenvalue weighted by atomic mass is 16.1. The Kier molecular flexibility index (Phi) is 5.79. The largest absolute Gasteiger partial charge is 0.354 e. The fourth-order valence-electron chi connectivity index (χ4n) is 4.08. The van der Waals surface area contributed by atoms with Crippen molar-refractivity contribution in [2.24, 2.45) is 0 Å². The Bertz CT molecular complexity index is 696. The molecule has 0 unspecified atom stereocenters. The van der Waals surface area contributed by atoms with Crippen LogP contribution in [0.5, 0.6) is 0 Å². The average Bonchev–Trinajstić information content (AvgIpc) is 2.86. The van der Waals surface area contributed by atoms with Gasteiger partial charge in [-0.05, 0) is 44.5 Å². The van der Waals surface area contributed by atoms with E-state index < -0.39 is 0 Å². The van der Waals surface area contributed by atoms with Crippen LogP contribution in [0.15, 0.2) is 36.5 Å². The van der Waals surface area contributed by atoms with Gasteiger partial charge in [0, 0.05) is 36.8 Å². The molecule has 0 bridgehead atoms. The van der Waals surface area contributed by atoms with Gasteiger partial charge in [0.05, 0.1) is 0 Å². The molecule has 0 saturated heterocycles. The van der Waals surface area contributed by atoms with E-state index in [1.807, 2.05) is 12.1 Å². The summed E-state index contributed by atoms with van der Waals surface area (Å²) in [6.45, 7) is 1.50. The first-order valence-electron chi connectivity index (χ1n) is 9.59. The Morgan fingerprint density at radius 2 is 1.84 bits per heavy atom. The van der Waals surface area contributed by atoms with Crippen LogP contribution in [0.1, 0.15) is 44.9 Å². The molecule has 1 amide bonds. The number of aromatic nitrogens is 1. The molecule has 1 aliphatic carbocycles. The standard InChI is InChI=1S/C21H31N3O/c1-23(2)21(13-7-3-4-8-14-21)17-22-20(25)12-16-24-15-11-18-9-5-6-10-19(18)24/h5-6,9-11,15H,3-4,7-8,12-14,16-17H2,1-2H3,(H,22,25). The number of para-hydroxylation sites is 1. The Morgan fingerprint density at radius 1 is 1.12 bits per heavy atom. The number of carbonyl (C=O) groups is 1. The third kappa shape index (κ3) is 4.24. The van der Waals surface area contributed by atoms with Crippen LogP contribution in [0.25, 0.3) is 10.9 Å². The minimum absolute atomic E-state index is 0.131. The first kappa shape index (κ1) is 18.0. The Labute approximate surface area is 151 Å². The number of carbonyl (C=O) groups excluding carboxylic acids is 1. The van der Waals surface area contributed by atoms with Gasteiger partial charge in [-0.15, -0.1) is 0 Å². The molecule has 3 rings (SSSR count). The van der Waals surface area contributed by atoms with Crippen LogP contribution in [-0.4, -0.2) is 41.6 Å². The van der Waals surface area contributed by atoms with Gasteiger partial charge in [-0.3, -0.25) is 4.79 Å². The normalized spacial score (nSPS) is 17.6. The molecule has 1 aromatic carbocycles. The van der Waals surface area contributed by atoms with Crippen molar-refractivity contribution in [2.45, 2.75) is 57.0 Å². The molecule has 4 nitrogen and oxygen atoms in total. The predicted octanol–water partition coefficient (Wildman–Crippen LogP) is 3.80. The number of rotatable bonds is 6. The fourth-order valence-corrected chi connectivity index (χ4v) is 4.08. The van der Waals surface area contributed by atoms with Gasteiger partial charge in [-0.25, -0.2) is 0 Å². The van der Waals surface area contributed by atoms with E-state index in [1.165, 1.54) is 49.4 Å². The number of likely N-dealkylation sites (N-methyl/N-ethyl adjacent to an activating group) is 1. The summed E-state index contributed by atoms with van der Waals surface area (Å²) in [5.41, 5.74) is 1.33. The van der Waals surface area contributed by atoms with Gasteiger partial charge in [0.25, 0.3) is 0 Å². The summed E-state index contributed by atoms with van der Waals surface area (Å²) in [5.74, 6) is 0.156. The zero-order chi connectivity index (χ0) is 17.7. The maximum Gasteiger partial charge on any atom is 0.221 e. The van der Waals surface area contributed by atoms with Gasteiger partial charge in [-0.2, -0.15) is 0 Å². The number of amides is 1. The maximum atomic E-state index is 12.4. The number of nitrogens with zero attached hydrogens (tertiary/aromatic N) is 2. The number of benzene rings is 1. The molecular weight excluding hydrogens is 310 g/mol. The Morgan fingerprint density at radius 3 is 2.56 bits per heavy atom. The highest BCUT2D eigenvalue weighted by Crippen LogP contribution is 2.30. The van der Waals surface area contributed by atoms with Crippen molar-refractivity contribution in [3.63, 3.8) is 0 Å². The van der Waals surface area contributed by atoms with E-state index in [0.717, 1.165) is 13.1 Å². The smallest absolute Gasteiger partial charge is 0.221 e. The average molecular weight is 341 g/mol. The Balaban J connectivity index is 1.55.